The number of hydrogen-bond acceptors (Lipinski definition) is 3. The fourth-order valence-electron chi connectivity index (χ4n) is 1.92. The second-order valence-corrected chi connectivity index (χ2v) is 6.63. The first-order valence-electron chi connectivity index (χ1n) is 6.39. The van der Waals surface area contributed by atoms with Gasteiger partial charge >= 0.3 is 0 Å². The number of sulfonamides is 1. The van der Waals surface area contributed by atoms with Gasteiger partial charge in [0.2, 0.25) is 10.0 Å². The molecule has 0 radical (unpaired) electrons. The van der Waals surface area contributed by atoms with Crippen LogP contribution in [0.3, 0.4) is 0 Å². The van der Waals surface area contributed by atoms with Crippen molar-refractivity contribution in [3.05, 3.63) is 23.8 Å². The van der Waals surface area contributed by atoms with E-state index in [2.05, 4.69) is 17.0 Å². The van der Waals surface area contributed by atoms with Gasteiger partial charge in [0, 0.05) is 18.8 Å². The van der Waals surface area contributed by atoms with Crippen molar-refractivity contribution in [1.82, 2.24) is 4.72 Å². The molecule has 2 rings (SSSR count). The van der Waals surface area contributed by atoms with Gasteiger partial charge in [-0.2, -0.15) is 0 Å². The van der Waals surface area contributed by atoms with Gasteiger partial charge in [-0.1, -0.05) is 26.3 Å². The molecule has 1 aliphatic heterocycles. The quantitative estimate of drug-likeness (QED) is 0.858. The smallest absolute Gasteiger partial charge is 0.240 e. The van der Waals surface area contributed by atoms with Gasteiger partial charge in [0.1, 0.15) is 0 Å². The lowest BCUT2D eigenvalue weighted by molar-refractivity contribution is 0.528. The molecule has 4 nitrogen and oxygen atoms in total. The zero-order valence-corrected chi connectivity index (χ0v) is 11.7. The maximum atomic E-state index is 12.1. The van der Waals surface area contributed by atoms with Crippen LogP contribution in [0.4, 0.5) is 5.69 Å². The van der Waals surface area contributed by atoms with Gasteiger partial charge in [0.25, 0.3) is 0 Å². The van der Waals surface area contributed by atoms with E-state index in [-0.39, 0.29) is 0 Å². The Kier molecular flexibility index (Phi) is 3.92. The number of nitrogens with one attached hydrogen (secondary N) is 2. The average Bonchev–Trinajstić information content (AvgIpc) is 2.83. The molecule has 1 atom stereocenters. The third kappa shape index (κ3) is 2.84. The van der Waals surface area contributed by atoms with Gasteiger partial charge in [-0.05, 0) is 30.0 Å². The van der Waals surface area contributed by atoms with E-state index in [0.29, 0.717) is 17.4 Å². The van der Waals surface area contributed by atoms with Crippen LogP contribution in [-0.2, 0) is 16.4 Å². The summed E-state index contributed by atoms with van der Waals surface area (Å²) in [6.07, 6.45) is 1.93. The minimum Gasteiger partial charge on any atom is -0.384 e. The molecule has 0 saturated heterocycles. The average molecular weight is 268 g/mol. The monoisotopic (exact) mass is 268 g/mol. The summed E-state index contributed by atoms with van der Waals surface area (Å²) < 4.78 is 26.9. The summed E-state index contributed by atoms with van der Waals surface area (Å²) in [5.41, 5.74) is 2.14. The van der Waals surface area contributed by atoms with Crippen LogP contribution in [0, 0.1) is 5.92 Å². The van der Waals surface area contributed by atoms with E-state index < -0.39 is 10.0 Å². The predicted octanol–water partition coefficient (Wildman–Crippen LogP) is 1.98. The molecule has 100 valence electrons. The standard InChI is InChI=1S/C13H20N2O2S/c1-3-10(2)9-15-18(16,17)12-5-4-11-6-7-14-13(11)8-12/h4-5,8,10,14-15H,3,6-7,9H2,1-2H3. The molecule has 1 aromatic rings. The number of anilines is 1. The number of hydrogen-bond donors (Lipinski definition) is 2. The summed E-state index contributed by atoms with van der Waals surface area (Å²) in [6, 6.07) is 5.30. The minimum atomic E-state index is -3.38. The van der Waals surface area contributed by atoms with E-state index in [1.807, 2.05) is 13.0 Å². The summed E-state index contributed by atoms with van der Waals surface area (Å²) in [5.74, 6) is 0.354. The first-order chi connectivity index (χ1) is 8.53. The van der Waals surface area contributed by atoms with Crippen molar-refractivity contribution in [3.8, 4) is 0 Å². The summed E-state index contributed by atoms with van der Waals surface area (Å²) in [4.78, 5) is 0.346. The Balaban J connectivity index is 2.15. The molecule has 1 unspecified atom stereocenters. The Hall–Kier alpha value is -1.07. The summed E-state index contributed by atoms with van der Waals surface area (Å²) >= 11 is 0. The Morgan fingerprint density at radius 2 is 2.22 bits per heavy atom. The largest absolute Gasteiger partial charge is 0.384 e. The fraction of sp³-hybridized carbons (Fsp3) is 0.538. The van der Waals surface area contributed by atoms with Crippen molar-refractivity contribution in [2.24, 2.45) is 5.92 Å². The Morgan fingerprint density at radius 3 is 2.94 bits per heavy atom. The highest BCUT2D eigenvalue weighted by Gasteiger charge is 2.18. The topological polar surface area (TPSA) is 58.2 Å². The van der Waals surface area contributed by atoms with Crippen LogP contribution in [0.25, 0.3) is 0 Å². The molecule has 0 bridgehead atoms. The predicted molar refractivity (Wildman–Crippen MR) is 73.3 cm³/mol. The highest BCUT2D eigenvalue weighted by Crippen LogP contribution is 2.25. The normalized spacial score (nSPS) is 16.1. The molecule has 0 fully saturated rings. The van der Waals surface area contributed by atoms with Crippen LogP contribution in [0.1, 0.15) is 25.8 Å². The van der Waals surface area contributed by atoms with E-state index in [4.69, 9.17) is 0 Å². The summed E-state index contributed by atoms with van der Waals surface area (Å²) in [5, 5.41) is 3.20. The second-order valence-electron chi connectivity index (χ2n) is 4.86. The molecule has 1 heterocycles. The van der Waals surface area contributed by atoms with Gasteiger partial charge in [-0.15, -0.1) is 0 Å². The molecule has 0 saturated carbocycles. The molecule has 5 heteroatoms. The molecular weight excluding hydrogens is 248 g/mol. The maximum absolute atomic E-state index is 12.1. The van der Waals surface area contributed by atoms with E-state index >= 15 is 0 Å². The van der Waals surface area contributed by atoms with Gasteiger partial charge in [-0.25, -0.2) is 13.1 Å². The minimum absolute atomic E-state index is 0.346. The third-order valence-corrected chi connectivity index (χ3v) is 4.84. The zero-order chi connectivity index (χ0) is 13.2. The van der Waals surface area contributed by atoms with Crippen molar-refractivity contribution in [2.45, 2.75) is 31.6 Å². The van der Waals surface area contributed by atoms with E-state index in [1.165, 1.54) is 5.56 Å². The van der Waals surface area contributed by atoms with Gasteiger partial charge in [-0.3, -0.25) is 0 Å². The van der Waals surface area contributed by atoms with Crippen LogP contribution in [0.2, 0.25) is 0 Å². The van der Waals surface area contributed by atoms with E-state index in [1.54, 1.807) is 12.1 Å². The molecule has 1 aromatic carbocycles. The molecule has 0 amide bonds. The van der Waals surface area contributed by atoms with Crippen molar-refractivity contribution in [1.29, 1.82) is 0 Å². The zero-order valence-electron chi connectivity index (χ0n) is 10.9. The number of rotatable bonds is 5. The van der Waals surface area contributed by atoms with E-state index in [9.17, 15) is 8.42 Å². The van der Waals surface area contributed by atoms with Crippen LogP contribution >= 0.6 is 0 Å². The summed E-state index contributed by atoms with van der Waals surface area (Å²) in [7, 11) is -3.38. The Labute approximate surface area is 109 Å². The first kappa shape index (κ1) is 13.4. The fourth-order valence-corrected chi connectivity index (χ4v) is 3.11. The van der Waals surface area contributed by atoms with Gasteiger partial charge in [0.05, 0.1) is 4.90 Å². The molecular formula is C13H20N2O2S. The first-order valence-corrected chi connectivity index (χ1v) is 7.87. The van der Waals surface area contributed by atoms with Crippen molar-refractivity contribution in [2.75, 3.05) is 18.4 Å². The Morgan fingerprint density at radius 1 is 1.44 bits per heavy atom. The lowest BCUT2D eigenvalue weighted by Crippen LogP contribution is -2.28. The lowest BCUT2D eigenvalue weighted by atomic mass is 10.1. The molecule has 0 aromatic heterocycles. The van der Waals surface area contributed by atoms with Gasteiger partial charge < -0.3 is 5.32 Å². The van der Waals surface area contributed by atoms with Gasteiger partial charge in [0.15, 0.2) is 0 Å². The van der Waals surface area contributed by atoms with Crippen LogP contribution in [0.15, 0.2) is 23.1 Å². The highest BCUT2D eigenvalue weighted by atomic mass is 32.2. The number of benzene rings is 1. The molecule has 0 aliphatic carbocycles. The van der Waals surface area contributed by atoms with Crippen molar-refractivity contribution < 1.29 is 8.42 Å². The third-order valence-electron chi connectivity index (χ3n) is 3.42. The molecule has 18 heavy (non-hydrogen) atoms. The highest BCUT2D eigenvalue weighted by molar-refractivity contribution is 7.89. The Bertz CT molecular complexity index is 526. The van der Waals surface area contributed by atoms with Crippen LogP contribution < -0.4 is 10.0 Å². The van der Waals surface area contributed by atoms with Crippen LogP contribution in [0.5, 0.6) is 0 Å². The SMILES string of the molecule is CCC(C)CNS(=O)(=O)c1ccc2c(c1)NCC2. The number of fused-ring (bicyclic) bond motifs is 1. The van der Waals surface area contributed by atoms with Crippen molar-refractivity contribution in [3.63, 3.8) is 0 Å². The lowest BCUT2D eigenvalue weighted by Gasteiger charge is -2.11. The van der Waals surface area contributed by atoms with Crippen LogP contribution in [-0.4, -0.2) is 21.5 Å². The second kappa shape index (κ2) is 5.28. The summed E-state index contributed by atoms with van der Waals surface area (Å²) in [6.45, 7) is 5.47. The van der Waals surface area contributed by atoms with E-state index in [0.717, 1.165) is 25.1 Å². The molecule has 2 N–H and O–H groups in total. The van der Waals surface area contributed by atoms with Crippen molar-refractivity contribution >= 4 is 15.7 Å². The molecule has 1 aliphatic rings. The maximum Gasteiger partial charge on any atom is 0.240 e. The molecule has 0 spiro atoms.